The molecule has 0 unspecified atom stereocenters. The second-order valence-electron chi connectivity index (χ2n) is 3.48. The summed E-state index contributed by atoms with van der Waals surface area (Å²) in [4.78, 5) is 0. The van der Waals surface area contributed by atoms with Crippen molar-refractivity contribution < 1.29 is 4.74 Å². The van der Waals surface area contributed by atoms with Gasteiger partial charge in [0.2, 0.25) is 0 Å². The van der Waals surface area contributed by atoms with Crippen LogP contribution in [0.25, 0.3) is 6.08 Å². The van der Waals surface area contributed by atoms with Gasteiger partial charge in [-0.3, -0.25) is 0 Å². The smallest absolute Gasteiger partial charge is 0.190 e. The quantitative estimate of drug-likeness (QED) is 0.590. The van der Waals surface area contributed by atoms with Gasteiger partial charge >= 0.3 is 0 Å². The molecule has 17 heavy (non-hydrogen) atoms. The van der Waals surface area contributed by atoms with Crippen molar-refractivity contribution in [2.45, 2.75) is 0 Å². The number of thiocarbonyl (C=S) groups is 1. The molecule has 2 aromatic carbocycles. The first-order valence-corrected chi connectivity index (χ1v) is 5.75. The summed E-state index contributed by atoms with van der Waals surface area (Å²) in [6, 6.07) is 19.5. The highest BCUT2D eigenvalue weighted by Gasteiger charge is 1.94. The summed E-state index contributed by atoms with van der Waals surface area (Å²) in [5.74, 6) is 0.759. The third-order valence-corrected chi connectivity index (χ3v) is 2.39. The summed E-state index contributed by atoms with van der Waals surface area (Å²) < 4.78 is 5.48. The van der Waals surface area contributed by atoms with E-state index >= 15 is 0 Å². The summed E-state index contributed by atoms with van der Waals surface area (Å²) in [7, 11) is 0. The molecule has 84 valence electrons. The van der Waals surface area contributed by atoms with E-state index in [0.29, 0.717) is 5.05 Å². The first-order chi connectivity index (χ1) is 8.34. The first-order valence-electron chi connectivity index (χ1n) is 5.34. The van der Waals surface area contributed by atoms with Gasteiger partial charge in [-0.2, -0.15) is 0 Å². The molecule has 0 saturated heterocycles. The van der Waals surface area contributed by atoms with E-state index in [1.165, 1.54) is 0 Å². The Kier molecular flexibility index (Phi) is 4.05. The van der Waals surface area contributed by atoms with Crippen molar-refractivity contribution in [1.82, 2.24) is 0 Å². The predicted molar refractivity (Wildman–Crippen MR) is 75.1 cm³/mol. The summed E-state index contributed by atoms with van der Waals surface area (Å²) in [6.07, 6.45) is 3.73. The van der Waals surface area contributed by atoms with Crippen molar-refractivity contribution in [3.05, 3.63) is 72.3 Å². The number of hydrogen-bond donors (Lipinski definition) is 0. The van der Waals surface area contributed by atoms with Crippen LogP contribution in [0.1, 0.15) is 5.56 Å². The third-order valence-electron chi connectivity index (χ3n) is 2.17. The first kappa shape index (κ1) is 11.6. The largest absolute Gasteiger partial charge is 0.446 e. The Morgan fingerprint density at radius 2 is 1.47 bits per heavy atom. The summed E-state index contributed by atoms with van der Waals surface area (Å²) in [6.45, 7) is 0. The average molecular weight is 240 g/mol. The number of rotatable bonds is 3. The van der Waals surface area contributed by atoms with E-state index in [4.69, 9.17) is 17.0 Å². The van der Waals surface area contributed by atoms with Gasteiger partial charge in [-0.25, -0.2) is 0 Å². The molecule has 2 aromatic rings. The summed E-state index contributed by atoms with van der Waals surface area (Å²) in [5.41, 5.74) is 1.10. The molecular formula is C15H12OS. The highest BCUT2D eigenvalue weighted by molar-refractivity contribution is 7.80. The van der Waals surface area contributed by atoms with Crippen molar-refractivity contribution in [3.63, 3.8) is 0 Å². The fraction of sp³-hybridized carbons (Fsp3) is 0. The van der Waals surface area contributed by atoms with Crippen molar-refractivity contribution in [1.29, 1.82) is 0 Å². The number of benzene rings is 2. The summed E-state index contributed by atoms with van der Waals surface area (Å²) >= 11 is 5.13. The van der Waals surface area contributed by atoms with Gasteiger partial charge in [0.05, 0.1) is 0 Å². The van der Waals surface area contributed by atoms with Crippen LogP contribution in [0, 0.1) is 0 Å². The van der Waals surface area contributed by atoms with E-state index in [1.807, 2.05) is 66.7 Å². The second kappa shape index (κ2) is 5.97. The van der Waals surface area contributed by atoms with Crippen molar-refractivity contribution in [3.8, 4) is 5.75 Å². The number of ether oxygens (including phenoxy) is 1. The lowest BCUT2D eigenvalue weighted by atomic mass is 10.2. The minimum absolute atomic E-state index is 0.458. The normalized spacial score (nSPS) is 10.4. The lowest BCUT2D eigenvalue weighted by molar-refractivity contribution is 0.569. The molecule has 0 spiro atoms. The molecule has 0 amide bonds. The molecule has 1 nitrogen and oxygen atoms in total. The van der Waals surface area contributed by atoms with Crippen molar-refractivity contribution in [2.75, 3.05) is 0 Å². The maximum atomic E-state index is 5.48. The number of para-hydroxylation sites is 1. The van der Waals surface area contributed by atoms with Gasteiger partial charge < -0.3 is 4.74 Å². The van der Waals surface area contributed by atoms with Crippen LogP contribution < -0.4 is 4.74 Å². The molecule has 0 N–H and O–H groups in total. The molecule has 0 bridgehead atoms. The molecule has 0 heterocycles. The Labute approximate surface area is 106 Å². The van der Waals surface area contributed by atoms with Gasteiger partial charge in [0.15, 0.2) is 5.05 Å². The molecule has 0 aliphatic carbocycles. The van der Waals surface area contributed by atoms with Gasteiger partial charge in [0.1, 0.15) is 5.75 Å². The van der Waals surface area contributed by atoms with Crippen LogP contribution in [0.5, 0.6) is 5.75 Å². The van der Waals surface area contributed by atoms with E-state index in [0.717, 1.165) is 11.3 Å². The van der Waals surface area contributed by atoms with Gasteiger partial charge in [0.25, 0.3) is 0 Å². The molecule has 0 aliphatic rings. The Morgan fingerprint density at radius 1 is 0.882 bits per heavy atom. The topological polar surface area (TPSA) is 9.23 Å². The van der Waals surface area contributed by atoms with Crippen LogP contribution in [0.15, 0.2) is 66.7 Å². The van der Waals surface area contributed by atoms with E-state index < -0.39 is 0 Å². The van der Waals surface area contributed by atoms with Crippen LogP contribution in [0.3, 0.4) is 0 Å². The average Bonchev–Trinajstić information content (AvgIpc) is 2.39. The van der Waals surface area contributed by atoms with Crippen LogP contribution in [0.4, 0.5) is 0 Å². The molecule has 0 radical (unpaired) electrons. The molecule has 0 aromatic heterocycles. The van der Waals surface area contributed by atoms with E-state index in [-0.39, 0.29) is 0 Å². The minimum atomic E-state index is 0.458. The molecular weight excluding hydrogens is 228 g/mol. The van der Waals surface area contributed by atoms with Crippen LogP contribution in [-0.2, 0) is 0 Å². The van der Waals surface area contributed by atoms with E-state index in [2.05, 4.69) is 0 Å². The Bertz CT molecular complexity index is 503. The molecule has 2 rings (SSSR count). The van der Waals surface area contributed by atoms with Gasteiger partial charge in [-0.15, -0.1) is 0 Å². The SMILES string of the molecule is S=C(C=Cc1ccccc1)Oc1ccccc1. The Hall–Kier alpha value is -1.93. The van der Waals surface area contributed by atoms with Crippen LogP contribution in [0.2, 0.25) is 0 Å². The summed E-state index contributed by atoms with van der Waals surface area (Å²) in [5, 5.41) is 0.458. The molecule has 2 heteroatoms. The fourth-order valence-electron chi connectivity index (χ4n) is 1.37. The molecule has 0 atom stereocenters. The predicted octanol–water partition coefficient (Wildman–Crippen LogP) is 4.11. The van der Waals surface area contributed by atoms with E-state index in [9.17, 15) is 0 Å². The zero-order valence-electron chi connectivity index (χ0n) is 9.24. The maximum Gasteiger partial charge on any atom is 0.190 e. The van der Waals surface area contributed by atoms with Crippen molar-refractivity contribution >= 4 is 23.3 Å². The fourth-order valence-corrected chi connectivity index (χ4v) is 1.53. The Morgan fingerprint density at radius 3 is 2.12 bits per heavy atom. The van der Waals surface area contributed by atoms with Crippen LogP contribution >= 0.6 is 12.2 Å². The lowest BCUT2D eigenvalue weighted by Gasteiger charge is -2.02. The zero-order valence-corrected chi connectivity index (χ0v) is 10.1. The highest BCUT2D eigenvalue weighted by atomic mass is 32.1. The van der Waals surface area contributed by atoms with Gasteiger partial charge in [0, 0.05) is 0 Å². The minimum Gasteiger partial charge on any atom is -0.446 e. The Balaban J connectivity index is 1.96. The molecule has 0 aliphatic heterocycles. The molecule has 0 saturated carbocycles. The van der Waals surface area contributed by atoms with Gasteiger partial charge in [-0.1, -0.05) is 54.6 Å². The number of hydrogen-bond acceptors (Lipinski definition) is 2. The zero-order chi connectivity index (χ0) is 11.9. The maximum absolute atomic E-state index is 5.48. The second-order valence-corrected chi connectivity index (χ2v) is 3.88. The van der Waals surface area contributed by atoms with Gasteiger partial charge in [-0.05, 0) is 36.0 Å². The van der Waals surface area contributed by atoms with E-state index in [1.54, 1.807) is 6.08 Å². The third kappa shape index (κ3) is 3.85. The lowest BCUT2D eigenvalue weighted by Crippen LogP contribution is -2.00. The monoisotopic (exact) mass is 240 g/mol. The van der Waals surface area contributed by atoms with Crippen LogP contribution in [-0.4, -0.2) is 5.05 Å². The highest BCUT2D eigenvalue weighted by Crippen LogP contribution is 2.10. The standard InChI is InChI=1S/C15H12OS/c17-15(16-14-9-5-2-6-10-14)12-11-13-7-3-1-4-8-13/h1-12H. The molecule has 0 fully saturated rings. The van der Waals surface area contributed by atoms with Crippen molar-refractivity contribution in [2.24, 2.45) is 0 Å².